The number of nitrogens with one attached hydrogen (secondary N) is 1. The first-order valence-electron chi connectivity index (χ1n) is 8.02. The van der Waals surface area contributed by atoms with Gasteiger partial charge in [0, 0.05) is 22.6 Å². The molecular weight excluding hydrogens is 328 g/mol. The third-order valence-electron chi connectivity index (χ3n) is 4.86. The summed E-state index contributed by atoms with van der Waals surface area (Å²) in [4.78, 5) is 14.9. The molecule has 1 N–H and O–H groups in total. The Morgan fingerprint density at radius 1 is 1.14 bits per heavy atom. The van der Waals surface area contributed by atoms with Crippen LogP contribution in [0.5, 0.6) is 0 Å². The van der Waals surface area contributed by atoms with Crippen LogP contribution >= 0.6 is 15.9 Å². The van der Waals surface area contributed by atoms with E-state index in [2.05, 4.69) is 26.1 Å². The lowest BCUT2D eigenvalue weighted by Gasteiger charge is -2.44. The van der Waals surface area contributed by atoms with Crippen molar-refractivity contribution in [2.45, 2.75) is 38.1 Å². The van der Waals surface area contributed by atoms with Crippen molar-refractivity contribution in [3.05, 3.63) is 34.3 Å². The van der Waals surface area contributed by atoms with Gasteiger partial charge in [0.25, 0.3) is 5.91 Å². The lowest BCUT2D eigenvalue weighted by Crippen LogP contribution is -2.51. The summed E-state index contributed by atoms with van der Waals surface area (Å²) in [6, 6.07) is 8.26. The summed E-state index contributed by atoms with van der Waals surface area (Å²) in [6.45, 7) is 3.32. The maximum absolute atomic E-state index is 12.2. The standard InChI is InChI=1S/C17H23BrN2O/c18-15-8-6-13(7-9-15)17(21)19-12-14-4-3-11-20-10-2-1-5-16(14)20/h6-9,14,16H,1-5,10-12H2,(H,19,21)/t14-,16+/m0/s1. The Labute approximate surface area is 135 Å². The Hall–Kier alpha value is -0.870. The van der Waals surface area contributed by atoms with Crippen molar-refractivity contribution in [2.24, 2.45) is 5.92 Å². The van der Waals surface area contributed by atoms with E-state index in [1.54, 1.807) is 0 Å². The van der Waals surface area contributed by atoms with E-state index < -0.39 is 0 Å². The maximum atomic E-state index is 12.2. The minimum Gasteiger partial charge on any atom is -0.352 e. The number of nitrogens with zero attached hydrogens (tertiary/aromatic N) is 1. The second-order valence-electron chi connectivity index (χ2n) is 6.22. The van der Waals surface area contributed by atoms with Crippen molar-refractivity contribution >= 4 is 21.8 Å². The average Bonchev–Trinajstić information content (AvgIpc) is 2.53. The molecule has 4 heteroatoms. The molecule has 1 aromatic rings. The van der Waals surface area contributed by atoms with Gasteiger partial charge in [-0.25, -0.2) is 0 Å². The molecule has 1 amide bonds. The molecule has 2 aliphatic rings. The number of fused-ring (bicyclic) bond motifs is 1. The zero-order chi connectivity index (χ0) is 14.7. The SMILES string of the molecule is O=C(NC[C@@H]1CCCN2CCCC[C@H]12)c1ccc(Br)cc1. The highest BCUT2D eigenvalue weighted by Gasteiger charge is 2.32. The van der Waals surface area contributed by atoms with Crippen molar-refractivity contribution in [3.63, 3.8) is 0 Å². The highest BCUT2D eigenvalue weighted by Crippen LogP contribution is 2.30. The lowest BCUT2D eigenvalue weighted by molar-refractivity contribution is 0.0575. The number of amides is 1. The van der Waals surface area contributed by atoms with Gasteiger partial charge in [-0.05, 0) is 69.0 Å². The second-order valence-corrected chi connectivity index (χ2v) is 7.13. The van der Waals surface area contributed by atoms with Crippen molar-refractivity contribution in [3.8, 4) is 0 Å². The summed E-state index contributed by atoms with van der Waals surface area (Å²) < 4.78 is 1.00. The van der Waals surface area contributed by atoms with Gasteiger partial charge in [-0.2, -0.15) is 0 Å². The first kappa shape index (κ1) is 15.0. The molecule has 0 aromatic heterocycles. The summed E-state index contributed by atoms with van der Waals surface area (Å²) in [5, 5.41) is 3.14. The molecule has 3 rings (SSSR count). The van der Waals surface area contributed by atoms with E-state index in [1.807, 2.05) is 24.3 Å². The molecule has 2 aliphatic heterocycles. The lowest BCUT2D eigenvalue weighted by atomic mass is 9.83. The Balaban J connectivity index is 1.56. The summed E-state index contributed by atoms with van der Waals surface area (Å²) in [5.74, 6) is 0.675. The van der Waals surface area contributed by atoms with Crippen molar-refractivity contribution in [1.29, 1.82) is 0 Å². The van der Waals surface area contributed by atoms with Crippen LogP contribution in [0.4, 0.5) is 0 Å². The monoisotopic (exact) mass is 350 g/mol. The van der Waals surface area contributed by atoms with E-state index in [0.717, 1.165) is 16.6 Å². The number of hydrogen-bond donors (Lipinski definition) is 1. The molecule has 0 saturated carbocycles. The summed E-state index contributed by atoms with van der Waals surface area (Å²) in [7, 11) is 0. The third kappa shape index (κ3) is 3.67. The highest BCUT2D eigenvalue weighted by molar-refractivity contribution is 9.10. The predicted octanol–water partition coefficient (Wildman–Crippen LogP) is 3.44. The fourth-order valence-corrected chi connectivity index (χ4v) is 4.01. The van der Waals surface area contributed by atoms with Gasteiger partial charge in [-0.3, -0.25) is 4.79 Å². The number of piperidine rings is 2. The Morgan fingerprint density at radius 2 is 1.90 bits per heavy atom. The average molecular weight is 351 g/mol. The minimum atomic E-state index is 0.0513. The smallest absolute Gasteiger partial charge is 0.251 e. The van der Waals surface area contributed by atoms with Crippen LogP contribution in [-0.2, 0) is 0 Å². The van der Waals surface area contributed by atoms with Gasteiger partial charge < -0.3 is 10.2 Å². The summed E-state index contributed by atoms with van der Waals surface area (Å²) >= 11 is 3.40. The van der Waals surface area contributed by atoms with Gasteiger partial charge in [-0.1, -0.05) is 22.4 Å². The molecule has 2 atom stereocenters. The Morgan fingerprint density at radius 3 is 2.71 bits per heavy atom. The molecule has 0 spiro atoms. The third-order valence-corrected chi connectivity index (χ3v) is 5.39. The van der Waals surface area contributed by atoms with Gasteiger partial charge in [0.05, 0.1) is 0 Å². The van der Waals surface area contributed by atoms with Gasteiger partial charge >= 0.3 is 0 Å². The minimum absolute atomic E-state index is 0.0513. The molecule has 0 bridgehead atoms. The summed E-state index contributed by atoms with van der Waals surface area (Å²) in [6.07, 6.45) is 6.52. The largest absolute Gasteiger partial charge is 0.352 e. The number of rotatable bonds is 3. The highest BCUT2D eigenvalue weighted by atomic mass is 79.9. The van der Waals surface area contributed by atoms with Gasteiger partial charge in [0.2, 0.25) is 0 Å². The van der Waals surface area contributed by atoms with Crippen LogP contribution in [-0.4, -0.2) is 36.5 Å². The Kier molecular flexibility index (Phi) is 4.96. The molecule has 114 valence electrons. The van der Waals surface area contributed by atoms with Crippen LogP contribution in [0.25, 0.3) is 0 Å². The van der Waals surface area contributed by atoms with E-state index in [4.69, 9.17) is 0 Å². The van der Waals surface area contributed by atoms with Gasteiger partial charge in [0.15, 0.2) is 0 Å². The van der Waals surface area contributed by atoms with Crippen molar-refractivity contribution in [2.75, 3.05) is 19.6 Å². The van der Waals surface area contributed by atoms with Crippen molar-refractivity contribution in [1.82, 2.24) is 10.2 Å². The number of halogens is 1. The zero-order valence-electron chi connectivity index (χ0n) is 12.4. The molecule has 3 nitrogen and oxygen atoms in total. The first-order chi connectivity index (χ1) is 10.2. The molecule has 1 aromatic carbocycles. The van der Waals surface area contributed by atoms with Gasteiger partial charge in [-0.15, -0.1) is 0 Å². The number of carbonyl (C=O) groups excluding carboxylic acids is 1. The van der Waals surface area contributed by atoms with Crippen LogP contribution in [0, 0.1) is 5.92 Å². The molecule has 0 unspecified atom stereocenters. The number of hydrogen-bond acceptors (Lipinski definition) is 2. The maximum Gasteiger partial charge on any atom is 0.251 e. The van der Waals surface area contributed by atoms with E-state index in [-0.39, 0.29) is 5.91 Å². The van der Waals surface area contributed by atoms with E-state index in [9.17, 15) is 4.79 Å². The fraction of sp³-hybridized carbons (Fsp3) is 0.588. The second kappa shape index (κ2) is 6.93. The quantitative estimate of drug-likeness (QED) is 0.905. The molecule has 21 heavy (non-hydrogen) atoms. The molecule has 2 fully saturated rings. The van der Waals surface area contributed by atoms with E-state index >= 15 is 0 Å². The first-order valence-corrected chi connectivity index (χ1v) is 8.81. The molecule has 0 radical (unpaired) electrons. The van der Waals surface area contributed by atoms with Crippen LogP contribution < -0.4 is 5.32 Å². The predicted molar refractivity (Wildman–Crippen MR) is 88.4 cm³/mol. The normalized spacial score (nSPS) is 26.1. The van der Waals surface area contributed by atoms with E-state index in [0.29, 0.717) is 12.0 Å². The molecular formula is C17H23BrN2O. The number of carbonyl (C=O) groups is 1. The fourth-order valence-electron chi connectivity index (χ4n) is 3.74. The van der Waals surface area contributed by atoms with Crippen LogP contribution in [0.2, 0.25) is 0 Å². The van der Waals surface area contributed by atoms with Crippen LogP contribution in [0.15, 0.2) is 28.7 Å². The molecule has 2 saturated heterocycles. The van der Waals surface area contributed by atoms with Gasteiger partial charge in [0.1, 0.15) is 0 Å². The van der Waals surface area contributed by atoms with Crippen LogP contribution in [0.1, 0.15) is 42.5 Å². The summed E-state index contributed by atoms with van der Waals surface area (Å²) in [5.41, 5.74) is 0.745. The topological polar surface area (TPSA) is 32.3 Å². The Bertz CT molecular complexity index is 486. The molecule has 0 aliphatic carbocycles. The van der Waals surface area contributed by atoms with Crippen molar-refractivity contribution < 1.29 is 4.79 Å². The van der Waals surface area contributed by atoms with E-state index in [1.165, 1.54) is 45.2 Å². The molecule has 2 heterocycles. The zero-order valence-corrected chi connectivity index (χ0v) is 13.9. The number of benzene rings is 1. The van der Waals surface area contributed by atoms with Crippen LogP contribution in [0.3, 0.4) is 0 Å².